The quantitative estimate of drug-likeness (QED) is 0.602. The lowest BCUT2D eigenvalue weighted by molar-refractivity contribution is -0.115. The Morgan fingerprint density at radius 3 is 2.52 bits per heavy atom. The van der Waals surface area contributed by atoms with Crippen molar-refractivity contribution in [1.29, 1.82) is 0 Å². The van der Waals surface area contributed by atoms with Gasteiger partial charge in [0.2, 0.25) is 5.91 Å². The third-order valence-corrected chi connectivity index (χ3v) is 7.51. The monoisotopic (exact) mass is 421 g/mol. The molecule has 3 rings (SSSR count). The first-order valence-corrected chi connectivity index (χ1v) is 11.5. The fourth-order valence-corrected chi connectivity index (χ4v) is 5.44. The second kappa shape index (κ2) is 8.20. The van der Waals surface area contributed by atoms with Crippen LogP contribution < -0.4 is 10.0 Å². The summed E-state index contributed by atoms with van der Waals surface area (Å²) in [6, 6.07) is 10.0. The molecule has 2 heterocycles. The predicted octanol–water partition coefficient (Wildman–Crippen LogP) is 4.06. The summed E-state index contributed by atoms with van der Waals surface area (Å²) < 4.78 is 27.2. The van der Waals surface area contributed by atoms with Gasteiger partial charge in [0.05, 0.1) is 12.1 Å². The Kier molecular flexibility index (Phi) is 5.93. The Bertz CT molecular complexity index is 1020. The molecule has 0 spiro atoms. The molecule has 6 nitrogen and oxygen atoms in total. The van der Waals surface area contributed by atoms with Gasteiger partial charge in [-0.2, -0.15) is 0 Å². The molecule has 0 saturated carbocycles. The Labute approximate surface area is 166 Å². The van der Waals surface area contributed by atoms with Crippen molar-refractivity contribution < 1.29 is 13.2 Å². The lowest BCUT2D eigenvalue weighted by Crippen LogP contribution is -2.14. The largest absolute Gasteiger partial charge is 0.302 e. The van der Waals surface area contributed by atoms with Crippen LogP contribution in [0.25, 0.3) is 0 Å². The van der Waals surface area contributed by atoms with Gasteiger partial charge in [-0.3, -0.25) is 9.52 Å². The van der Waals surface area contributed by atoms with Crippen LogP contribution >= 0.6 is 22.7 Å². The van der Waals surface area contributed by atoms with Crippen molar-refractivity contribution in [3.63, 3.8) is 0 Å². The summed E-state index contributed by atoms with van der Waals surface area (Å²) in [5, 5.41) is 5.13. The number of nitrogens with zero attached hydrogens (tertiary/aromatic N) is 1. The first-order valence-electron chi connectivity index (χ1n) is 8.29. The van der Waals surface area contributed by atoms with Crippen molar-refractivity contribution in [1.82, 2.24) is 4.98 Å². The van der Waals surface area contributed by atoms with E-state index >= 15 is 0 Å². The van der Waals surface area contributed by atoms with Crippen LogP contribution in [-0.2, 0) is 27.7 Å². The van der Waals surface area contributed by atoms with Crippen LogP contribution in [0.2, 0.25) is 0 Å². The van der Waals surface area contributed by atoms with E-state index in [4.69, 9.17) is 0 Å². The molecule has 0 atom stereocenters. The molecule has 0 aliphatic heterocycles. The zero-order valence-corrected chi connectivity index (χ0v) is 17.3. The average molecular weight is 422 g/mol. The molecule has 2 N–H and O–H groups in total. The van der Waals surface area contributed by atoms with Crippen LogP contribution in [0.1, 0.15) is 23.1 Å². The number of carbonyl (C=O) groups excluding carboxylic acids is 1. The van der Waals surface area contributed by atoms with Crippen molar-refractivity contribution in [2.75, 3.05) is 10.0 Å². The number of thiazole rings is 1. The molecule has 3 aromatic rings. The fourth-order valence-electron chi connectivity index (χ4n) is 2.47. The molecule has 1 aromatic carbocycles. The van der Waals surface area contributed by atoms with Gasteiger partial charge in [-0.15, -0.1) is 22.7 Å². The van der Waals surface area contributed by atoms with Crippen LogP contribution in [-0.4, -0.2) is 19.3 Å². The van der Waals surface area contributed by atoms with Crippen molar-refractivity contribution in [3.8, 4) is 0 Å². The van der Waals surface area contributed by atoms with Gasteiger partial charge in [-0.1, -0.05) is 25.1 Å². The van der Waals surface area contributed by atoms with E-state index in [0.29, 0.717) is 10.8 Å². The summed E-state index contributed by atoms with van der Waals surface area (Å²) in [6.45, 7) is 4.02. The molecule has 0 radical (unpaired) electrons. The van der Waals surface area contributed by atoms with E-state index in [9.17, 15) is 13.2 Å². The van der Waals surface area contributed by atoms with Gasteiger partial charge in [0.15, 0.2) is 5.13 Å². The Morgan fingerprint density at radius 2 is 1.93 bits per heavy atom. The van der Waals surface area contributed by atoms with Gasteiger partial charge in [0, 0.05) is 10.6 Å². The highest BCUT2D eigenvalue weighted by molar-refractivity contribution is 7.94. The minimum Gasteiger partial charge on any atom is -0.302 e. The maximum atomic E-state index is 12.2. The predicted molar refractivity (Wildman–Crippen MR) is 110 cm³/mol. The minimum absolute atomic E-state index is 0.154. The van der Waals surface area contributed by atoms with Gasteiger partial charge >= 0.3 is 0 Å². The summed E-state index contributed by atoms with van der Waals surface area (Å²) in [4.78, 5) is 17.7. The number of hydrogen-bond donors (Lipinski definition) is 2. The maximum absolute atomic E-state index is 12.2. The van der Waals surface area contributed by atoms with E-state index < -0.39 is 10.0 Å². The van der Waals surface area contributed by atoms with Gasteiger partial charge in [0.1, 0.15) is 4.21 Å². The molecular formula is C18H19N3O3S3. The van der Waals surface area contributed by atoms with Crippen LogP contribution in [0.3, 0.4) is 0 Å². The van der Waals surface area contributed by atoms with E-state index in [1.807, 2.05) is 13.8 Å². The second-order valence-electron chi connectivity index (χ2n) is 5.83. The number of benzene rings is 1. The Hall–Kier alpha value is -2.23. The lowest BCUT2D eigenvalue weighted by Gasteiger charge is -2.07. The van der Waals surface area contributed by atoms with Crippen molar-refractivity contribution in [3.05, 3.63) is 57.9 Å². The molecule has 1 amide bonds. The first-order chi connectivity index (χ1) is 12.9. The maximum Gasteiger partial charge on any atom is 0.271 e. The fraction of sp³-hybridized carbons (Fsp3) is 0.222. The molecule has 2 aromatic heterocycles. The topological polar surface area (TPSA) is 88.2 Å². The highest BCUT2D eigenvalue weighted by Gasteiger charge is 2.15. The standard InChI is InChI=1S/C18H19N3O3S3/c1-3-15-12(2)26-18(19-15)20-16(22)11-13-6-8-14(9-7-13)21-27(23,24)17-5-4-10-25-17/h4-10,21H,3,11H2,1-2H3,(H,19,20,22). The Balaban J connectivity index is 1.61. The minimum atomic E-state index is -3.57. The van der Waals surface area contributed by atoms with Gasteiger partial charge in [0.25, 0.3) is 10.0 Å². The van der Waals surface area contributed by atoms with Crippen molar-refractivity contribution in [2.24, 2.45) is 0 Å². The summed E-state index contributed by atoms with van der Waals surface area (Å²) in [5.74, 6) is -0.154. The van der Waals surface area contributed by atoms with Gasteiger partial charge in [-0.05, 0) is 42.5 Å². The number of hydrogen-bond acceptors (Lipinski definition) is 6. The zero-order valence-electron chi connectivity index (χ0n) is 14.9. The van der Waals surface area contributed by atoms with Crippen molar-refractivity contribution >= 4 is 49.4 Å². The number of thiophene rings is 1. The molecule has 0 aliphatic carbocycles. The van der Waals surface area contributed by atoms with Gasteiger partial charge in [-0.25, -0.2) is 13.4 Å². The number of nitrogens with one attached hydrogen (secondary N) is 2. The SMILES string of the molecule is CCc1nc(NC(=O)Cc2ccc(NS(=O)(=O)c3cccs3)cc2)sc1C. The smallest absolute Gasteiger partial charge is 0.271 e. The highest BCUT2D eigenvalue weighted by atomic mass is 32.2. The summed E-state index contributed by atoms with van der Waals surface area (Å²) >= 11 is 2.62. The normalized spacial score (nSPS) is 11.3. The third kappa shape index (κ3) is 4.94. The molecule has 27 heavy (non-hydrogen) atoms. The zero-order chi connectivity index (χ0) is 19.4. The number of anilines is 2. The van der Waals surface area contributed by atoms with Crippen LogP contribution in [0, 0.1) is 6.92 Å². The molecule has 0 saturated heterocycles. The van der Waals surface area contributed by atoms with E-state index in [2.05, 4.69) is 15.0 Å². The first kappa shape index (κ1) is 19.5. The second-order valence-corrected chi connectivity index (χ2v) is 9.90. The lowest BCUT2D eigenvalue weighted by atomic mass is 10.1. The van der Waals surface area contributed by atoms with Gasteiger partial charge < -0.3 is 5.32 Å². The number of aromatic nitrogens is 1. The summed E-state index contributed by atoms with van der Waals surface area (Å²) in [5.41, 5.74) is 2.24. The highest BCUT2D eigenvalue weighted by Crippen LogP contribution is 2.23. The number of rotatable bonds is 7. The Morgan fingerprint density at radius 1 is 1.19 bits per heavy atom. The van der Waals surface area contributed by atoms with Crippen molar-refractivity contribution in [2.45, 2.75) is 30.9 Å². The van der Waals surface area contributed by atoms with E-state index in [0.717, 1.165) is 33.9 Å². The van der Waals surface area contributed by atoms with Crippen LogP contribution in [0.15, 0.2) is 46.0 Å². The summed E-state index contributed by atoms with van der Waals surface area (Å²) in [7, 11) is -3.57. The average Bonchev–Trinajstić information content (AvgIpc) is 3.26. The number of carbonyl (C=O) groups is 1. The number of aryl methyl sites for hydroxylation is 2. The number of amides is 1. The number of sulfonamides is 1. The molecule has 142 valence electrons. The van der Waals surface area contributed by atoms with Crippen LogP contribution in [0.5, 0.6) is 0 Å². The van der Waals surface area contributed by atoms with E-state index in [1.165, 1.54) is 11.3 Å². The molecule has 0 fully saturated rings. The van der Waals surface area contributed by atoms with Crippen LogP contribution in [0.4, 0.5) is 10.8 Å². The third-order valence-electron chi connectivity index (χ3n) is 3.80. The molecule has 9 heteroatoms. The molecule has 0 unspecified atom stereocenters. The molecule has 0 aliphatic rings. The van der Waals surface area contributed by atoms with E-state index in [-0.39, 0.29) is 16.5 Å². The van der Waals surface area contributed by atoms with E-state index in [1.54, 1.807) is 41.8 Å². The molecule has 0 bridgehead atoms. The summed E-state index contributed by atoms with van der Waals surface area (Å²) in [6.07, 6.45) is 1.03. The molecular weight excluding hydrogens is 402 g/mol.